The summed E-state index contributed by atoms with van der Waals surface area (Å²) in [6, 6.07) is 0. The van der Waals surface area contributed by atoms with Gasteiger partial charge in [-0.2, -0.15) is 8.42 Å². The second-order valence-electron chi connectivity index (χ2n) is 10.5. The van der Waals surface area contributed by atoms with E-state index in [0.29, 0.717) is 0 Å². The molecular weight excluding hydrogens is 456 g/mol. The Morgan fingerprint density at radius 2 is 0.971 bits per heavy atom. The molecule has 35 heavy (non-hydrogen) atoms. The van der Waals surface area contributed by atoms with Crippen molar-refractivity contribution < 1.29 is 17.2 Å². The minimum atomic E-state index is -4.36. The van der Waals surface area contributed by atoms with Crippen LogP contribution in [0.1, 0.15) is 168 Å². The van der Waals surface area contributed by atoms with E-state index in [9.17, 15) is 8.42 Å². The van der Waals surface area contributed by atoms with Gasteiger partial charge in [0.25, 0.3) is 0 Å². The Hall–Kier alpha value is -0.390. The van der Waals surface area contributed by atoms with Crippen molar-refractivity contribution in [1.29, 1.82) is 0 Å². The van der Waals surface area contributed by atoms with Crippen LogP contribution in [0.25, 0.3) is 0 Å². The zero-order valence-corrected chi connectivity index (χ0v) is 24.3. The van der Waals surface area contributed by atoms with E-state index in [1.807, 2.05) is 0 Å². The molecule has 0 rings (SSSR count). The monoisotopic (exact) mass is 516 g/mol. The van der Waals surface area contributed by atoms with Crippen molar-refractivity contribution in [2.75, 3.05) is 6.61 Å². The van der Waals surface area contributed by atoms with Gasteiger partial charge in [-0.15, -0.1) is 0 Å². The van der Waals surface area contributed by atoms with Crippen LogP contribution in [-0.2, 0) is 14.6 Å². The molecule has 0 aliphatic heterocycles. The topological polar surface area (TPSA) is 63.6 Å². The van der Waals surface area contributed by atoms with Crippen LogP contribution in [0, 0.1) is 5.92 Å². The van der Waals surface area contributed by atoms with Crippen LogP contribution in [0.2, 0.25) is 0 Å². The van der Waals surface area contributed by atoms with Gasteiger partial charge in [-0.1, -0.05) is 161 Å². The van der Waals surface area contributed by atoms with Crippen LogP contribution in [0.4, 0.5) is 0 Å². The number of hydrogen-bond donors (Lipinski definition) is 1. The van der Waals surface area contributed by atoms with E-state index >= 15 is 0 Å². The first-order valence-electron chi connectivity index (χ1n) is 15.3. The summed E-state index contributed by atoms with van der Waals surface area (Å²) < 4.78 is 35.4. The maximum atomic E-state index is 10.9. The highest BCUT2D eigenvalue weighted by Crippen LogP contribution is 2.17. The van der Waals surface area contributed by atoms with E-state index in [1.54, 1.807) is 0 Å². The molecule has 0 radical (unpaired) electrons. The molecule has 0 bridgehead atoms. The fraction of sp³-hybridized carbons (Fsp3) is 0.933. The fourth-order valence-electron chi connectivity index (χ4n) is 4.69. The van der Waals surface area contributed by atoms with Crippen molar-refractivity contribution in [2.24, 2.45) is 5.92 Å². The van der Waals surface area contributed by atoms with Crippen LogP contribution in [0.3, 0.4) is 0 Å². The maximum absolute atomic E-state index is 10.9. The predicted molar refractivity (Wildman–Crippen MR) is 152 cm³/mol. The van der Waals surface area contributed by atoms with E-state index in [0.717, 1.165) is 19.3 Å². The molecule has 1 atom stereocenters. The summed E-state index contributed by atoms with van der Waals surface area (Å²) in [6.07, 6.45) is 35.6. The minimum absolute atomic E-state index is 0.0449. The molecule has 1 unspecified atom stereocenters. The van der Waals surface area contributed by atoms with Gasteiger partial charge in [-0.05, 0) is 19.3 Å². The molecule has 0 fully saturated rings. The van der Waals surface area contributed by atoms with Crippen LogP contribution in [0.5, 0.6) is 0 Å². The standard InChI is InChI=1S/C30H60O4S/c1-3-5-7-9-11-12-13-14-15-16-17-18-19-20-21-22-24-26-28-30(29-34-35(31,32)33)27-25-23-10-8-6-4-2/h25,27,30H,3-24,26,28-29H2,1-2H3,(H,31,32,33)/b27-25+. The lowest BCUT2D eigenvalue weighted by Gasteiger charge is -2.12. The second kappa shape index (κ2) is 26.7. The molecule has 0 saturated carbocycles. The third kappa shape index (κ3) is 29.7. The molecule has 0 spiro atoms. The van der Waals surface area contributed by atoms with E-state index < -0.39 is 10.4 Å². The normalized spacial score (nSPS) is 13.1. The molecule has 0 aromatic carbocycles. The van der Waals surface area contributed by atoms with Gasteiger partial charge in [0.05, 0.1) is 6.61 Å². The van der Waals surface area contributed by atoms with Gasteiger partial charge >= 0.3 is 10.4 Å². The third-order valence-corrected chi connectivity index (χ3v) is 7.43. The van der Waals surface area contributed by atoms with Crippen molar-refractivity contribution in [3.05, 3.63) is 12.2 Å². The molecule has 4 nitrogen and oxygen atoms in total. The minimum Gasteiger partial charge on any atom is -0.264 e. The molecule has 0 aliphatic rings. The van der Waals surface area contributed by atoms with Crippen molar-refractivity contribution in [2.45, 2.75) is 168 Å². The van der Waals surface area contributed by atoms with Crippen molar-refractivity contribution in [3.63, 3.8) is 0 Å². The smallest absolute Gasteiger partial charge is 0.264 e. The summed E-state index contributed by atoms with van der Waals surface area (Å²) >= 11 is 0. The lowest BCUT2D eigenvalue weighted by Crippen LogP contribution is -2.12. The SMILES string of the molecule is CCCCCC/C=C/C(CCCCCCCCCCCCCCCCCCCC)COS(=O)(=O)O. The van der Waals surface area contributed by atoms with Gasteiger partial charge in [-0.25, -0.2) is 4.18 Å². The van der Waals surface area contributed by atoms with Crippen LogP contribution < -0.4 is 0 Å². The Labute approximate surface area is 220 Å². The summed E-state index contributed by atoms with van der Waals surface area (Å²) in [5.41, 5.74) is 0. The lowest BCUT2D eigenvalue weighted by atomic mass is 9.99. The number of hydrogen-bond acceptors (Lipinski definition) is 3. The summed E-state index contributed by atoms with van der Waals surface area (Å²) in [5.74, 6) is 0.0594. The van der Waals surface area contributed by atoms with E-state index in [1.165, 1.54) is 135 Å². The predicted octanol–water partition coefficient (Wildman–Crippen LogP) is 10.4. The summed E-state index contributed by atoms with van der Waals surface area (Å²) in [5, 5.41) is 0. The summed E-state index contributed by atoms with van der Waals surface area (Å²) in [6.45, 7) is 4.53. The fourth-order valence-corrected chi connectivity index (χ4v) is 5.04. The zero-order valence-electron chi connectivity index (χ0n) is 23.5. The highest BCUT2D eigenvalue weighted by atomic mass is 32.3. The summed E-state index contributed by atoms with van der Waals surface area (Å²) in [4.78, 5) is 0. The van der Waals surface area contributed by atoms with Gasteiger partial charge in [0.15, 0.2) is 0 Å². The van der Waals surface area contributed by atoms with E-state index in [-0.39, 0.29) is 12.5 Å². The summed E-state index contributed by atoms with van der Waals surface area (Å²) in [7, 11) is -4.36. The number of allylic oxidation sites excluding steroid dienone is 1. The van der Waals surface area contributed by atoms with E-state index in [2.05, 4.69) is 30.2 Å². The lowest BCUT2D eigenvalue weighted by molar-refractivity contribution is 0.234. The highest BCUT2D eigenvalue weighted by Gasteiger charge is 2.11. The quantitative estimate of drug-likeness (QED) is 0.0638. The Morgan fingerprint density at radius 3 is 1.37 bits per heavy atom. The number of rotatable bonds is 28. The molecule has 0 amide bonds. The molecule has 0 aromatic heterocycles. The van der Waals surface area contributed by atoms with Gasteiger partial charge in [0.2, 0.25) is 0 Å². The Balaban J connectivity index is 3.62. The third-order valence-electron chi connectivity index (χ3n) is 6.99. The van der Waals surface area contributed by atoms with Gasteiger partial charge < -0.3 is 0 Å². The van der Waals surface area contributed by atoms with Gasteiger partial charge in [0, 0.05) is 5.92 Å². The van der Waals surface area contributed by atoms with Crippen LogP contribution in [-0.4, -0.2) is 19.6 Å². The molecule has 5 heteroatoms. The average Bonchev–Trinajstić information content (AvgIpc) is 2.82. The Morgan fingerprint density at radius 1 is 0.600 bits per heavy atom. The largest absolute Gasteiger partial charge is 0.397 e. The molecule has 0 heterocycles. The molecular formula is C30H60O4S. The van der Waals surface area contributed by atoms with Crippen molar-refractivity contribution in [1.82, 2.24) is 0 Å². The van der Waals surface area contributed by atoms with Crippen molar-refractivity contribution >= 4 is 10.4 Å². The second-order valence-corrected chi connectivity index (χ2v) is 11.6. The van der Waals surface area contributed by atoms with Crippen LogP contribution in [0.15, 0.2) is 12.2 Å². The molecule has 0 aromatic rings. The van der Waals surface area contributed by atoms with Crippen LogP contribution >= 0.6 is 0 Å². The van der Waals surface area contributed by atoms with Crippen molar-refractivity contribution in [3.8, 4) is 0 Å². The Bertz CT molecular complexity index is 545. The molecule has 0 aliphatic carbocycles. The first kappa shape index (κ1) is 34.6. The maximum Gasteiger partial charge on any atom is 0.397 e. The van der Waals surface area contributed by atoms with Gasteiger partial charge in [0.1, 0.15) is 0 Å². The first-order valence-corrected chi connectivity index (χ1v) is 16.6. The molecule has 210 valence electrons. The average molecular weight is 517 g/mol. The zero-order chi connectivity index (χ0) is 25.9. The van der Waals surface area contributed by atoms with Gasteiger partial charge in [-0.3, -0.25) is 4.55 Å². The highest BCUT2D eigenvalue weighted by molar-refractivity contribution is 7.80. The molecule has 0 saturated heterocycles. The number of unbranched alkanes of at least 4 members (excludes halogenated alkanes) is 21. The van der Waals surface area contributed by atoms with E-state index in [4.69, 9.17) is 4.55 Å². The first-order chi connectivity index (χ1) is 17.0. The Kier molecular flexibility index (Phi) is 26.4. The molecule has 1 N–H and O–H groups in total.